The number of ether oxygens (including phenoxy) is 1. The van der Waals surface area contributed by atoms with Crippen molar-refractivity contribution in [1.29, 1.82) is 0 Å². The van der Waals surface area contributed by atoms with Crippen molar-refractivity contribution in [3.8, 4) is 5.75 Å². The normalized spacial score (nSPS) is 21.2. The molecular weight excluding hydrogens is 272 g/mol. The Bertz CT molecular complexity index is 651. The van der Waals surface area contributed by atoms with Gasteiger partial charge in [0.05, 0.1) is 6.10 Å². The van der Waals surface area contributed by atoms with Crippen LogP contribution in [0.25, 0.3) is 0 Å². The fraction of sp³-hybridized carbons (Fsp3) is 0.294. The minimum absolute atomic E-state index is 0.112. The van der Waals surface area contributed by atoms with Gasteiger partial charge in [-0.3, -0.25) is 0 Å². The molecule has 104 valence electrons. The third kappa shape index (κ3) is 2.30. The molecule has 2 nitrogen and oxygen atoms in total. The van der Waals surface area contributed by atoms with Gasteiger partial charge in [-0.05, 0) is 48.7 Å². The number of benzene rings is 2. The molecule has 0 saturated carbocycles. The third-order valence-electron chi connectivity index (χ3n) is 4.03. The Kier molecular flexibility index (Phi) is 3.45. The molecule has 3 heteroatoms. The van der Waals surface area contributed by atoms with Gasteiger partial charge in [-0.15, -0.1) is 0 Å². The van der Waals surface area contributed by atoms with Crippen LogP contribution >= 0.6 is 11.6 Å². The first-order chi connectivity index (χ1) is 9.56. The maximum atomic E-state index is 10.3. The molecule has 2 aromatic carbocycles. The minimum atomic E-state index is -0.539. The van der Waals surface area contributed by atoms with Crippen molar-refractivity contribution in [3.05, 3.63) is 63.7 Å². The topological polar surface area (TPSA) is 29.5 Å². The average molecular weight is 289 g/mol. The quantitative estimate of drug-likeness (QED) is 0.836. The lowest BCUT2D eigenvalue weighted by molar-refractivity contribution is 0.0654. The molecule has 1 unspecified atom stereocenters. The summed E-state index contributed by atoms with van der Waals surface area (Å²) >= 11 is 5.97. The van der Waals surface area contributed by atoms with Gasteiger partial charge in [-0.2, -0.15) is 0 Å². The SMILES string of the molecule is Cc1cccc(C2C[C@@H](O)c3cc(Cl)ccc3O2)c1C. The fourth-order valence-corrected chi connectivity index (χ4v) is 2.91. The van der Waals surface area contributed by atoms with E-state index < -0.39 is 6.10 Å². The van der Waals surface area contributed by atoms with E-state index in [9.17, 15) is 5.11 Å². The second-order valence-electron chi connectivity index (χ2n) is 5.33. The van der Waals surface area contributed by atoms with Crippen LogP contribution in [-0.4, -0.2) is 5.11 Å². The summed E-state index contributed by atoms with van der Waals surface area (Å²) in [5.41, 5.74) is 4.38. The van der Waals surface area contributed by atoms with E-state index in [0.717, 1.165) is 16.9 Å². The minimum Gasteiger partial charge on any atom is -0.485 e. The summed E-state index contributed by atoms with van der Waals surface area (Å²) in [6.45, 7) is 4.18. The molecule has 3 rings (SSSR count). The van der Waals surface area contributed by atoms with Crippen LogP contribution in [0, 0.1) is 13.8 Å². The van der Waals surface area contributed by atoms with Crippen LogP contribution in [-0.2, 0) is 0 Å². The van der Waals surface area contributed by atoms with Crippen LogP contribution in [0.4, 0.5) is 0 Å². The van der Waals surface area contributed by atoms with Gasteiger partial charge in [-0.1, -0.05) is 29.8 Å². The van der Waals surface area contributed by atoms with Crippen molar-refractivity contribution < 1.29 is 9.84 Å². The Morgan fingerprint density at radius 2 is 1.95 bits per heavy atom. The van der Waals surface area contributed by atoms with E-state index in [-0.39, 0.29) is 6.10 Å². The Morgan fingerprint density at radius 1 is 1.15 bits per heavy atom. The average Bonchev–Trinajstić information content (AvgIpc) is 2.42. The van der Waals surface area contributed by atoms with E-state index in [1.54, 1.807) is 12.1 Å². The lowest BCUT2D eigenvalue weighted by atomic mass is 9.91. The molecule has 0 bridgehead atoms. The number of aliphatic hydroxyl groups is 1. The molecule has 0 spiro atoms. The molecule has 0 aromatic heterocycles. The van der Waals surface area contributed by atoms with Crippen LogP contribution in [0.1, 0.15) is 40.9 Å². The van der Waals surface area contributed by atoms with Gasteiger partial charge in [0, 0.05) is 17.0 Å². The summed E-state index contributed by atoms with van der Waals surface area (Å²) in [6, 6.07) is 11.6. The summed E-state index contributed by atoms with van der Waals surface area (Å²) in [4.78, 5) is 0. The van der Waals surface area contributed by atoms with Gasteiger partial charge in [-0.25, -0.2) is 0 Å². The smallest absolute Gasteiger partial charge is 0.127 e. The van der Waals surface area contributed by atoms with Crippen LogP contribution in [0.15, 0.2) is 36.4 Å². The van der Waals surface area contributed by atoms with Crippen LogP contribution in [0.2, 0.25) is 5.02 Å². The summed E-state index contributed by atoms with van der Waals surface area (Å²) < 4.78 is 6.06. The fourth-order valence-electron chi connectivity index (χ4n) is 2.73. The molecule has 20 heavy (non-hydrogen) atoms. The first-order valence-corrected chi connectivity index (χ1v) is 7.14. The standard InChI is InChI=1S/C17H17ClO2/c1-10-4-3-5-13(11(10)2)17-9-15(19)14-8-12(18)6-7-16(14)20-17/h3-8,15,17,19H,9H2,1-2H3/t15-,17?/m1/s1. The Morgan fingerprint density at radius 3 is 2.75 bits per heavy atom. The largest absolute Gasteiger partial charge is 0.485 e. The summed E-state index contributed by atoms with van der Waals surface area (Å²) in [6.07, 6.45) is -0.0987. The van der Waals surface area contributed by atoms with Crippen molar-refractivity contribution in [2.75, 3.05) is 0 Å². The molecule has 0 saturated heterocycles. The molecule has 0 fully saturated rings. The molecule has 0 aliphatic carbocycles. The zero-order valence-corrected chi connectivity index (χ0v) is 12.3. The predicted molar refractivity (Wildman–Crippen MR) is 80.3 cm³/mol. The second kappa shape index (κ2) is 5.12. The van der Waals surface area contributed by atoms with E-state index in [1.807, 2.05) is 12.1 Å². The lowest BCUT2D eigenvalue weighted by Gasteiger charge is -2.31. The van der Waals surface area contributed by atoms with Crippen molar-refractivity contribution in [3.63, 3.8) is 0 Å². The van der Waals surface area contributed by atoms with E-state index in [4.69, 9.17) is 16.3 Å². The van der Waals surface area contributed by atoms with E-state index in [0.29, 0.717) is 11.4 Å². The highest BCUT2D eigenvalue weighted by molar-refractivity contribution is 6.30. The van der Waals surface area contributed by atoms with Crippen molar-refractivity contribution in [1.82, 2.24) is 0 Å². The second-order valence-corrected chi connectivity index (χ2v) is 5.77. The highest BCUT2D eigenvalue weighted by Crippen LogP contribution is 2.42. The summed E-state index contributed by atoms with van der Waals surface area (Å²) in [5.74, 6) is 0.721. The van der Waals surface area contributed by atoms with Crippen LogP contribution < -0.4 is 4.74 Å². The van der Waals surface area contributed by atoms with Gasteiger partial charge < -0.3 is 9.84 Å². The molecular formula is C17H17ClO2. The van der Waals surface area contributed by atoms with Crippen molar-refractivity contribution >= 4 is 11.6 Å². The van der Waals surface area contributed by atoms with E-state index in [2.05, 4.69) is 26.0 Å². The number of aryl methyl sites for hydroxylation is 1. The zero-order chi connectivity index (χ0) is 14.3. The maximum Gasteiger partial charge on any atom is 0.127 e. The molecule has 1 heterocycles. The Labute approximate surface area is 124 Å². The summed E-state index contributed by atoms with van der Waals surface area (Å²) in [5, 5.41) is 11.0. The highest BCUT2D eigenvalue weighted by atomic mass is 35.5. The number of hydrogen-bond donors (Lipinski definition) is 1. The predicted octanol–water partition coefficient (Wildman–Crippen LogP) is 4.51. The van der Waals surface area contributed by atoms with E-state index in [1.165, 1.54) is 11.1 Å². The number of aliphatic hydroxyl groups excluding tert-OH is 1. The number of rotatable bonds is 1. The van der Waals surface area contributed by atoms with Gasteiger partial charge >= 0.3 is 0 Å². The van der Waals surface area contributed by atoms with Gasteiger partial charge in [0.2, 0.25) is 0 Å². The molecule has 2 aromatic rings. The molecule has 1 aliphatic rings. The van der Waals surface area contributed by atoms with Crippen molar-refractivity contribution in [2.45, 2.75) is 32.5 Å². The highest BCUT2D eigenvalue weighted by Gasteiger charge is 2.29. The Balaban J connectivity index is 1.99. The summed E-state index contributed by atoms with van der Waals surface area (Å²) in [7, 11) is 0. The first kappa shape index (κ1) is 13.5. The van der Waals surface area contributed by atoms with Gasteiger partial charge in [0.15, 0.2) is 0 Å². The van der Waals surface area contributed by atoms with Gasteiger partial charge in [0.1, 0.15) is 11.9 Å². The zero-order valence-electron chi connectivity index (χ0n) is 11.6. The number of fused-ring (bicyclic) bond motifs is 1. The van der Waals surface area contributed by atoms with Crippen LogP contribution in [0.3, 0.4) is 0 Å². The molecule has 0 amide bonds. The van der Waals surface area contributed by atoms with Gasteiger partial charge in [0.25, 0.3) is 0 Å². The van der Waals surface area contributed by atoms with Crippen molar-refractivity contribution in [2.24, 2.45) is 0 Å². The maximum absolute atomic E-state index is 10.3. The number of halogens is 1. The third-order valence-corrected chi connectivity index (χ3v) is 4.27. The monoisotopic (exact) mass is 288 g/mol. The van der Waals surface area contributed by atoms with E-state index >= 15 is 0 Å². The molecule has 0 radical (unpaired) electrons. The molecule has 2 atom stereocenters. The first-order valence-electron chi connectivity index (χ1n) is 6.76. The number of hydrogen-bond acceptors (Lipinski definition) is 2. The van der Waals surface area contributed by atoms with Crippen LogP contribution in [0.5, 0.6) is 5.75 Å². The lowest BCUT2D eigenvalue weighted by Crippen LogP contribution is -2.20. The Hall–Kier alpha value is -1.51. The molecule has 1 N–H and O–H groups in total. The molecule has 1 aliphatic heterocycles.